The van der Waals surface area contributed by atoms with Gasteiger partial charge in [-0.25, -0.2) is 0 Å². The molecular weight excluding hydrogens is 250 g/mol. The molecule has 0 aliphatic carbocycles. The third-order valence-electron chi connectivity index (χ3n) is 4.31. The highest BCUT2D eigenvalue weighted by atomic mass is 16.2. The monoisotopic (exact) mass is 271 g/mol. The minimum absolute atomic E-state index is 0.112. The van der Waals surface area contributed by atoms with Crippen molar-refractivity contribution in [1.82, 2.24) is 9.88 Å². The van der Waals surface area contributed by atoms with Gasteiger partial charge in [0.05, 0.1) is 5.56 Å². The van der Waals surface area contributed by atoms with Crippen LogP contribution < -0.4 is 5.73 Å². The Bertz CT molecular complexity index is 646. The van der Waals surface area contributed by atoms with Crippen molar-refractivity contribution in [3.05, 3.63) is 30.0 Å². The standard InChI is InChI=1S/C16H21N3O/c1-10-3-4-11(2)19(9-10)16(20)14-8-18-15-6-5-12(17)7-13(14)15/h5-8,10-11,18H,3-4,9,17H2,1-2H3. The number of carbonyl (C=O) groups excluding carboxylic acids is 1. The molecule has 4 nitrogen and oxygen atoms in total. The summed E-state index contributed by atoms with van der Waals surface area (Å²) < 4.78 is 0. The number of aromatic amines is 1. The third kappa shape index (κ3) is 2.15. The number of benzene rings is 1. The van der Waals surface area contributed by atoms with E-state index in [1.165, 1.54) is 6.42 Å². The molecule has 2 heterocycles. The summed E-state index contributed by atoms with van der Waals surface area (Å²) in [6.45, 7) is 5.18. The Kier molecular flexibility index (Phi) is 3.16. The number of H-pyrrole nitrogens is 1. The van der Waals surface area contributed by atoms with Gasteiger partial charge in [-0.1, -0.05) is 6.92 Å². The maximum absolute atomic E-state index is 12.8. The number of amides is 1. The van der Waals surface area contributed by atoms with E-state index in [9.17, 15) is 4.79 Å². The van der Waals surface area contributed by atoms with Gasteiger partial charge in [-0.3, -0.25) is 4.79 Å². The predicted molar refractivity (Wildman–Crippen MR) is 81.6 cm³/mol. The fourth-order valence-electron chi connectivity index (χ4n) is 3.04. The van der Waals surface area contributed by atoms with E-state index in [1.807, 2.05) is 23.1 Å². The van der Waals surface area contributed by atoms with Crippen molar-refractivity contribution in [2.45, 2.75) is 32.7 Å². The van der Waals surface area contributed by atoms with Crippen LogP contribution in [0.15, 0.2) is 24.4 Å². The second-order valence-corrected chi connectivity index (χ2v) is 6.00. The lowest BCUT2D eigenvalue weighted by molar-refractivity contribution is 0.0576. The molecule has 2 unspecified atom stereocenters. The number of piperidine rings is 1. The molecule has 4 heteroatoms. The number of anilines is 1. The maximum Gasteiger partial charge on any atom is 0.256 e. The number of fused-ring (bicyclic) bond motifs is 1. The highest BCUT2D eigenvalue weighted by molar-refractivity contribution is 6.07. The summed E-state index contributed by atoms with van der Waals surface area (Å²) in [4.78, 5) is 18.0. The van der Waals surface area contributed by atoms with E-state index in [4.69, 9.17) is 5.73 Å². The zero-order valence-electron chi connectivity index (χ0n) is 12.0. The van der Waals surface area contributed by atoms with Crippen molar-refractivity contribution in [2.75, 3.05) is 12.3 Å². The van der Waals surface area contributed by atoms with Gasteiger partial charge in [0.15, 0.2) is 0 Å². The zero-order chi connectivity index (χ0) is 14.3. The molecule has 1 aliphatic rings. The number of nitrogen functional groups attached to an aromatic ring is 1. The van der Waals surface area contributed by atoms with Crippen molar-refractivity contribution in [3.63, 3.8) is 0 Å². The van der Waals surface area contributed by atoms with Crippen LogP contribution in [0.1, 0.15) is 37.0 Å². The molecule has 1 saturated heterocycles. The number of aromatic nitrogens is 1. The van der Waals surface area contributed by atoms with E-state index in [-0.39, 0.29) is 5.91 Å². The topological polar surface area (TPSA) is 62.1 Å². The van der Waals surface area contributed by atoms with Gasteiger partial charge in [-0.15, -0.1) is 0 Å². The van der Waals surface area contributed by atoms with Crippen LogP contribution in [0.5, 0.6) is 0 Å². The highest BCUT2D eigenvalue weighted by Gasteiger charge is 2.28. The Labute approximate surface area is 118 Å². The quantitative estimate of drug-likeness (QED) is 0.783. The molecule has 1 aromatic carbocycles. The van der Waals surface area contributed by atoms with E-state index in [2.05, 4.69) is 18.8 Å². The number of likely N-dealkylation sites (tertiary alicyclic amines) is 1. The van der Waals surface area contributed by atoms with Gasteiger partial charge in [0.2, 0.25) is 0 Å². The van der Waals surface area contributed by atoms with E-state index < -0.39 is 0 Å². The van der Waals surface area contributed by atoms with Crippen molar-refractivity contribution in [2.24, 2.45) is 5.92 Å². The van der Waals surface area contributed by atoms with Crippen molar-refractivity contribution in [3.8, 4) is 0 Å². The average molecular weight is 271 g/mol. The molecule has 0 bridgehead atoms. The molecule has 0 radical (unpaired) electrons. The van der Waals surface area contributed by atoms with Crippen LogP contribution in [0.3, 0.4) is 0 Å². The Morgan fingerprint density at radius 2 is 2.15 bits per heavy atom. The Morgan fingerprint density at radius 3 is 2.95 bits per heavy atom. The fraction of sp³-hybridized carbons (Fsp3) is 0.438. The van der Waals surface area contributed by atoms with Crippen LogP contribution >= 0.6 is 0 Å². The summed E-state index contributed by atoms with van der Waals surface area (Å²) in [7, 11) is 0. The molecule has 0 spiro atoms. The Balaban J connectivity index is 1.97. The zero-order valence-corrected chi connectivity index (χ0v) is 12.0. The van der Waals surface area contributed by atoms with Gasteiger partial charge in [-0.2, -0.15) is 0 Å². The molecular formula is C16H21N3O. The lowest BCUT2D eigenvalue weighted by Crippen LogP contribution is -2.44. The van der Waals surface area contributed by atoms with Crippen LogP contribution in [0.4, 0.5) is 5.69 Å². The average Bonchev–Trinajstić information content (AvgIpc) is 2.83. The van der Waals surface area contributed by atoms with Crippen LogP contribution in [0.25, 0.3) is 10.9 Å². The number of hydrogen-bond donors (Lipinski definition) is 2. The third-order valence-corrected chi connectivity index (χ3v) is 4.31. The fourth-order valence-corrected chi connectivity index (χ4v) is 3.04. The van der Waals surface area contributed by atoms with Gasteiger partial charge >= 0.3 is 0 Å². The maximum atomic E-state index is 12.8. The number of rotatable bonds is 1. The first-order valence-electron chi connectivity index (χ1n) is 7.24. The molecule has 0 saturated carbocycles. The minimum atomic E-state index is 0.112. The molecule has 1 aliphatic heterocycles. The summed E-state index contributed by atoms with van der Waals surface area (Å²) in [6, 6.07) is 5.95. The summed E-state index contributed by atoms with van der Waals surface area (Å²) in [5.74, 6) is 0.686. The van der Waals surface area contributed by atoms with Crippen LogP contribution in [0, 0.1) is 5.92 Å². The smallest absolute Gasteiger partial charge is 0.256 e. The first-order chi connectivity index (χ1) is 9.56. The second-order valence-electron chi connectivity index (χ2n) is 6.00. The van der Waals surface area contributed by atoms with Gasteiger partial charge in [0.1, 0.15) is 0 Å². The highest BCUT2D eigenvalue weighted by Crippen LogP contribution is 2.27. The van der Waals surface area contributed by atoms with Gasteiger partial charge < -0.3 is 15.6 Å². The van der Waals surface area contributed by atoms with E-state index in [1.54, 1.807) is 6.20 Å². The summed E-state index contributed by atoms with van der Waals surface area (Å²) in [6.07, 6.45) is 4.08. The largest absolute Gasteiger partial charge is 0.399 e. The van der Waals surface area contributed by atoms with Crippen molar-refractivity contribution >= 4 is 22.5 Å². The van der Waals surface area contributed by atoms with E-state index in [0.29, 0.717) is 17.6 Å². The van der Waals surface area contributed by atoms with Crippen LogP contribution in [-0.2, 0) is 0 Å². The molecule has 1 fully saturated rings. The van der Waals surface area contributed by atoms with Crippen molar-refractivity contribution < 1.29 is 4.79 Å². The van der Waals surface area contributed by atoms with Gasteiger partial charge in [0, 0.05) is 35.4 Å². The number of nitrogens with two attached hydrogens (primary N) is 1. The van der Waals surface area contributed by atoms with Crippen LogP contribution in [0.2, 0.25) is 0 Å². The van der Waals surface area contributed by atoms with Gasteiger partial charge in [-0.05, 0) is 43.9 Å². The second kappa shape index (κ2) is 4.85. The summed E-state index contributed by atoms with van der Waals surface area (Å²) >= 11 is 0. The first-order valence-corrected chi connectivity index (χ1v) is 7.24. The number of carbonyl (C=O) groups is 1. The Morgan fingerprint density at radius 1 is 1.35 bits per heavy atom. The SMILES string of the molecule is CC1CCC(C)N(C(=O)c2c[nH]c3ccc(N)cc23)C1. The molecule has 20 heavy (non-hydrogen) atoms. The minimum Gasteiger partial charge on any atom is -0.399 e. The molecule has 2 atom stereocenters. The first kappa shape index (κ1) is 13.0. The normalized spacial score (nSPS) is 23.2. The lowest BCUT2D eigenvalue weighted by atomic mass is 9.94. The Hall–Kier alpha value is -1.97. The molecule has 3 N–H and O–H groups in total. The van der Waals surface area contributed by atoms with Crippen molar-refractivity contribution in [1.29, 1.82) is 0 Å². The summed E-state index contributed by atoms with van der Waals surface area (Å²) in [5, 5.41) is 0.917. The van der Waals surface area contributed by atoms with E-state index >= 15 is 0 Å². The summed E-state index contributed by atoms with van der Waals surface area (Å²) in [5.41, 5.74) is 8.22. The predicted octanol–water partition coefficient (Wildman–Crippen LogP) is 3.01. The molecule has 106 valence electrons. The molecule has 1 amide bonds. The van der Waals surface area contributed by atoms with E-state index in [0.717, 1.165) is 29.4 Å². The number of nitrogens with one attached hydrogen (secondary N) is 1. The molecule has 2 aromatic rings. The molecule has 1 aromatic heterocycles. The van der Waals surface area contributed by atoms with Crippen LogP contribution in [-0.4, -0.2) is 28.4 Å². The van der Waals surface area contributed by atoms with Gasteiger partial charge in [0.25, 0.3) is 5.91 Å². The molecule has 3 rings (SSSR count). The number of hydrogen-bond acceptors (Lipinski definition) is 2. The lowest BCUT2D eigenvalue weighted by Gasteiger charge is -2.36. The number of nitrogens with zero attached hydrogens (tertiary/aromatic N) is 1.